The van der Waals surface area contributed by atoms with Crippen LogP contribution in [-0.4, -0.2) is 18.0 Å². The summed E-state index contributed by atoms with van der Waals surface area (Å²) in [5.74, 6) is -0.394. The molecule has 122 valence electrons. The average molecular weight is 306 g/mol. The van der Waals surface area contributed by atoms with Gasteiger partial charge in [-0.3, -0.25) is 4.79 Å². The van der Waals surface area contributed by atoms with Gasteiger partial charge < -0.3 is 11.1 Å². The van der Waals surface area contributed by atoms with Crippen LogP contribution in [0.15, 0.2) is 24.3 Å². The number of nitrogens with two attached hydrogens (primary N) is 1. The van der Waals surface area contributed by atoms with Gasteiger partial charge in [0, 0.05) is 17.5 Å². The molecule has 1 aliphatic carbocycles. The van der Waals surface area contributed by atoms with E-state index in [1.165, 1.54) is 6.07 Å². The van der Waals surface area contributed by atoms with E-state index in [-0.39, 0.29) is 17.6 Å². The minimum absolute atomic E-state index is 0.00545. The molecule has 1 fully saturated rings. The van der Waals surface area contributed by atoms with Crippen molar-refractivity contribution >= 4 is 5.91 Å². The van der Waals surface area contributed by atoms with E-state index < -0.39 is 11.0 Å². The maximum atomic E-state index is 14.0. The summed E-state index contributed by atoms with van der Waals surface area (Å²) >= 11 is 0. The summed E-state index contributed by atoms with van der Waals surface area (Å²) in [5.41, 5.74) is 6.00. The molecule has 0 radical (unpaired) electrons. The first-order valence-electron chi connectivity index (χ1n) is 8.06. The molecule has 0 heterocycles. The first-order chi connectivity index (χ1) is 10.2. The number of nitrogens with one attached hydrogen (secondary N) is 1. The van der Waals surface area contributed by atoms with Gasteiger partial charge in [0.25, 0.3) is 0 Å². The minimum Gasteiger partial charge on any atom is -0.355 e. The third-order valence-corrected chi connectivity index (χ3v) is 4.88. The van der Waals surface area contributed by atoms with E-state index in [2.05, 4.69) is 5.32 Å². The van der Waals surface area contributed by atoms with Crippen LogP contribution in [0.25, 0.3) is 0 Å². The molecule has 1 aromatic carbocycles. The fourth-order valence-corrected chi connectivity index (χ4v) is 3.33. The first kappa shape index (κ1) is 16.9. The van der Waals surface area contributed by atoms with E-state index in [1.54, 1.807) is 12.1 Å². The van der Waals surface area contributed by atoms with Crippen molar-refractivity contribution < 1.29 is 9.18 Å². The Hall–Kier alpha value is -1.42. The summed E-state index contributed by atoms with van der Waals surface area (Å²) in [5, 5.41) is 2.99. The van der Waals surface area contributed by atoms with Gasteiger partial charge >= 0.3 is 0 Å². The summed E-state index contributed by atoms with van der Waals surface area (Å²) in [7, 11) is 0. The van der Waals surface area contributed by atoms with Crippen LogP contribution in [0.4, 0.5) is 4.39 Å². The second-order valence-corrected chi connectivity index (χ2v) is 7.39. The van der Waals surface area contributed by atoms with Crippen LogP contribution in [0.1, 0.15) is 52.0 Å². The molecular weight excluding hydrogens is 279 g/mol. The number of halogens is 1. The number of carbonyl (C=O) groups is 1. The van der Waals surface area contributed by atoms with Gasteiger partial charge in [-0.2, -0.15) is 0 Å². The lowest BCUT2D eigenvalue weighted by Crippen LogP contribution is -2.54. The monoisotopic (exact) mass is 306 g/mol. The van der Waals surface area contributed by atoms with Crippen molar-refractivity contribution in [1.29, 1.82) is 0 Å². The highest BCUT2D eigenvalue weighted by Gasteiger charge is 2.38. The van der Waals surface area contributed by atoms with Crippen LogP contribution in [0.5, 0.6) is 0 Å². The number of rotatable bonds is 4. The summed E-state index contributed by atoms with van der Waals surface area (Å²) in [6.45, 7) is 6.24. The highest BCUT2D eigenvalue weighted by Crippen LogP contribution is 2.32. The van der Waals surface area contributed by atoms with Crippen molar-refractivity contribution in [2.45, 2.75) is 57.4 Å². The zero-order chi connectivity index (χ0) is 16.4. The van der Waals surface area contributed by atoms with Gasteiger partial charge in [-0.05, 0) is 31.4 Å². The molecule has 2 unspecified atom stereocenters. The Bertz CT molecular complexity index is 540. The molecule has 0 saturated heterocycles. The molecule has 0 aliphatic heterocycles. The summed E-state index contributed by atoms with van der Waals surface area (Å²) < 4.78 is 14.0. The first-order valence-corrected chi connectivity index (χ1v) is 8.06. The quantitative estimate of drug-likeness (QED) is 0.898. The molecule has 1 saturated carbocycles. The Kier molecular flexibility index (Phi) is 4.90. The number of amides is 1. The molecule has 1 amide bonds. The molecular formula is C18H27FN2O. The van der Waals surface area contributed by atoms with E-state index in [9.17, 15) is 9.18 Å². The lowest BCUT2D eigenvalue weighted by Gasteiger charge is -2.38. The zero-order valence-corrected chi connectivity index (χ0v) is 13.8. The Balaban J connectivity index is 2.02. The second kappa shape index (κ2) is 6.37. The summed E-state index contributed by atoms with van der Waals surface area (Å²) in [4.78, 5) is 12.5. The van der Waals surface area contributed by atoms with Gasteiger partial charge in [0.15, 0.2) is 0 Å². The van der Waals surface area contributed by atoms with E-state index in [4.69, 9.17) is 5.73 Å². The van der Waals surface area contributed by atoms with Gasteiger partial charge in [-0.25, -0.2) is 4.39 Å². The van der Waals surface area contributed by atoms with Crippen molar-refractivity contribution in [1.82, 2.24) is 5.32 Å². The lowest BCUT2D eigenvalue weighted by molar-refractivity contribution is -0.128. The second-order valence-electron chi connectivity index (χ2n) is 7.39. The van der Waals surface area contributed by atoms with Crippen molar-refractivity contribution in [3.8, 4) is 0 Å². The Morgan fingerprint density at radius 2 is 2.09 bits per heavy atom. The van der Waals surface area contributed by atoms with Crippen LogP contribution in [0.3, 0.4) is 0 Å². The number of hydrogen-bond donors (Lipinski definition) is 2. The van der Waals surface area contributed by atoms with E-state index in [0.717, 1.165) is 25.7 Å². The Labute approximate surface area is 132 Å². The topological polar surface area (TPSA) is 55.1 Å². The molecule has 2 atom stereocenters. The van der Waals surface area contributed by atoms with Crippen LogP contribution < -0.4 is 11.1 Å². The highest BCUT2D eigenvalue weighted by atomic mass is 19.1. The molecule has 0 bridgehead atoms. The third kappa shape index (κ3) is 3.67. The molecule has 3 nitrogen and oxygen atoms in total. The van der Waals surface area contributed by atoms with Crippen LogP contribution in [0.2, 0.25) is 0 Å². The molecule has 1 aliphatic rings. The van der Waals surface area contributed by atoms with E-state index in [0.29, 0.717) is 12.1 Å². The molecule has 3 N–H and O–H groups in total. The standard InChI is InChI=1S/C18H27FN2O/c1-17(2,13-8-4-5-10-15(13)19)12-21-16(22)14-9-6-7-11-18(14,3)20/h4-5,8,10,14H,6-7,9,11-12,20H2,1-3H3,(H,21,22). The highest BCUT2D eigenvalue weighted by molar-refractivity contribution is 5.80. The molecule has 2 rings (SSSR count). The number of hydrogen-bond acceptors (Lipinski definition) is 2. The molecule has 22 heavy (non-hydrogen) atoms. The van der Waals surface area contributed by atoms with Gasteiger partial charge in [-0.1, -0.05) is 44.9 Å². The predicted octanol–water partition coefficient (Wildman–Crippen LogP) is 3.13. The summed E-state index contributed by atoms with van der Waals surface area (Å²) in [6, 6.07) is 6.72. The minimum atomic E-state index is -0.458. The molecule has 4 heteroatoms. The van der Waals surface area contributed by atoms with Gasteiger partial charge in [0.1, 0.15) is 5.82 Å². The van der Waals surface area contributed by atoms with Crippen molar-refractivity contribution in [2.24, 2.45) is 11.7 Å². The molecule has 0 spiro atoms. The Morgan fingerprint density at radius 1 is 1.41 bits per heavy atom. The Morgan fingerprint density at radius 3 is 2.73 bits per heavy atom. The third-order valence-electron chi connectivity index (χ3n) is 4.88. The molecule has 0 aromatic heterocycles. The lowest BCUT2D eigenvalue weighted by atomic mass is 9.74. The largest absolute Gasteiger partial charge is 0.355 e. The van der Waals surface area contributed by atoms with Crippen LogP contribution in [-0.2, 0) is 10.2 Å². The van der Waals surface area contributed by atoms with E-state index in [1.807, 2.05) is 26.8 Å². The van der Waals surface area contributed by atoms with Crippen molar-refractivity contribution in [3.05, 3.63) is 35.6 Å². The SMILES string of the molecule is CC(C)(CNC(=O)C1CCCCC1(C)N)c1ccccc1F. The van der Waals surface area contributed by atoms with Crippen LogP contribution >= 0.6 is 0 Å². The van der Waals surface area contributed by atoms with Crippen molar-refractivity contribution in [2.75, 3.05) is 6.54 Å². The van der Waals surface area contributed by atoms with Gasteiger partial charge in [0.2, 0.25) is 5.91 Å². The zero-order valence-electron chi connectivity index (χ0n) is 13.8. The van der Waals surface area contributed by atoms with Crippen LogP contribution in [0, 0.1) is 11.7 Å². The van der Waals surface area contributed by atoms with Gasteiger partial charge in [0.05, 0.1) is 5.92 Å². The van der Waals surface area contributed by atoms with Gasteiger partial charge in [-0.15, -0.1) is 0 Å². The molecule has 1 aromatic rings. The fraction of sp³-hybridized carbons (Fsp3) is 0.611. The fourth-order valence-electron chi connectivity index (χ4n) is 3.33. The summed E-state index contributed by atoms with van der Waals surface area (Å²) in [6.07, 6.45) is 3.83. The maximum Gasteiger partial charge on any atom is 0.224 e. The maximum absolute atomic E-state index is 14.0. The van der Waals surface area contributed by atoms with Crippen molar-refractivity contribution in [3.63, 3.8) is 0 Å². The smallest absolute Gasteiger partial charge is 0.224 e. The normalized spacial score (nSPS) is 25.8. The average Bonchev–Trinajstić information content (AvgIpc) is 2.44. The number of benzene rings is 1. The van der Waals surface area contributed by atoms with E-state index >= 15 is 0 Å². The number of carbonyl (C=O) groups excluding carboxylic acids is 1. The predicted molar refractivity (Wildman–Crippen MR) is 87.0 cm³/mol.